The highest BCUT2D eigenvalue weighted by Gasteiger charge is 2.14. The molecule has 2 heterocycles. The molecule has 0 saturated carbocycles. The molecule has 4 rings (SSSR count). The lowest BCUT2D eigenvalue weighted by Gasteiger charge is -2.07. The number of fused-ring (bicyclic) bond motifs is 3. The van der Waals surface area contributed by atoms with Gasteiger partial charge in [-0.05, 0) is 46.2 Å². The Morgan fingerprint density at radius 1 is 0.900 bits per heavy atom. The molecule has 0 amide bonds. The molecule has 2 aromatic carbocycles. The van der Waals surface area contributed by atoms with Crippen molar-refractivity contribution >= 4 is 44.9 Å². The van der Waals surface area contributed by atoms with Crippen LogP contribution < -0.4 is 0 Å². The highest BCUT2D eigenvalue weighted by molar-refractivity contribution is 7.08. The van der Waals surface area contributed by atoms with Crippen LogP contribution in [0.3, 0.4) is 0 Å². The molecule has 98 valence electrons. The minimum absolute atomic E-state index is 0.112. The van der Waals surface area contributed by atoms with Gasteiger partial charge in [0, 0.05) is 10.8 Å². The molecule has 0 bridgehead atoms. The number of benzene rings is 2. The molecule has 0 aliphatic heterocycles. The summed E-state index contributed by atoms with van der Waals surface area (Å²) in [7, 11) is 0. The largest absolute Gasteiger partial charge is 0.456 e. The van der Waals surface area contributed by atoms with Gasteiger partial charge in [-0.2, -0.15) is 11.3 Å². The first-order valence-corrected chi connectivity index (χ1v) is 7.78. The lowest BCUT2D eigenvalue weighted by molar-refractivity contribution is 0.669. The molecule has 1 nitrogen and oxygen atoms in total. The van der Waals surface area contributed by atoms with Crippen molar-refractivity contribution in [1.82, 2.24) is 0 Å². The van der Waals surface area contributed by atoms with Crippen molar-refractivity contribution in [2.45, 2.75) is 5.38 Å². The average Bonchev–Trinajstić information content (AvgIpc) is 3.13. The number of thiophene rings is 1. The Labute approximate surface area is 125 Å². The van der Waals surface area contributed by atoms with E-state index in [1.807, 2.05) is 30.3 Å². The molecule has 20 heavy (non-hydrogen) atoms. The first kappa shape index (κ1) is 12.0. The van der Waals surface area contributed by atoms with E-state index >= 15 is 0 Å². The van der Waals surface area contributed by atoms with Crippen LogP contribution in [0.1, 0.15) is 16.5 Å². The van der Waals surface area contributed by atoms with Crippen LogP contribution in [0.4, 0.5) is 0 Å². The van der Waals surface area contributed by atoms with Crippen LogP contribution in [0.15, 0.2) is 63.7 Å². The molecule has 0 N–H and O–H groups in total. The molecule has 0 radical (unpaired) electrons. The number of rotatable bonds is 2. The van der Waals surface area contributed by atoms with Gasteiger partial charge < -0.3 is 4.42 Å². The topological polar surface area (TPSA) is 13.1 Å². The third-order valence-electron chi connectivity index (χ3n) is 3.53. The maximum Gasteiger partial charge on any atom is 0.135 e. The minimum atomic E-state index is -0.112. The summed E-state index contributed by atoms with van der Waals surface area (Å²) >= 11 is 8.24. The van der Waals surface area contributed by atoms with Gasteiger partial charge in [-0.3, -0.25) is 0 Å². The second kappa shape index (κ2) is 4.65. The van der Waals surface area contributed by atoms with Gasteiger partial charge in [0.15, 0.2) is 0 Å². The van der Waals surface area contributed by atoms with E-state index in [-0.39, 0.29) is 5.38 Å². The Balaban J connectivity index is 1.91. The van der Waals surface area contributed by atoms with Crippen LogP contribution in [0.2, 0.25) is 0 Å². The quantitative estimate of drug-likeness (QED) is 0.415. The molecular weight excluding hydrogens is 288 g/mol. The highest BCUT2D eigenvalue weighted by Crippen LogP contribution is 2.35. The van der Waals surface area contributed by atoms with Crippen LogP contribution in [0.25, 0.3) is 21.9 Å². The Hall–Kier alpha value is -1.77. The summed E-state index contributed by atoms with van der Waals surface area (Å²) in [5.74, 6) is 0. The van der Waals surface area contributed by atoms with Crippen molar-refractivity contribution < 1.29 is 4.42 Å². The number of furan rings is 1. The Kier molecular flexibility index (Phi) is 2.79. The average molecular weight is 299 g/mol. The number of hydrogen-bond acceptors (Lipinski definition) is 2. The molecule has 3 heteroatoms. The van der Waals surface area contributed by atoms with Gasteiger partial charge in [-0.1, -0.05) is 24.3 Å². The number of para-hydroxylation sites is 1. The molecule has 0 aliphatic rings. The van der Waals surface area contributed by atoms with Crippen LogP contribution in [0.5, 0.6) is 0 Å². The summed E-state index contributed by atoms with van der Waals surface area (Å²) in [6, 6.07) is 16.3. The van der Waals surface area contributed by atoms with Gasteiger partial charge in [0.1, 0.15) is 11.2 Å². The van der Waals surface area contributed by atoms with Crippen molar-refractivity contribution in [3.8, 4) is 0 Å². The van der Waals surface area contributed by atoms with Gasteiger partial charge in [0.2, 0.25) is 0 Å². The predicted molar refractivity (Wildman–Crippen MR) is 85.7 cm³/mol. The fourth-order valence-corrected chi connectivity index (χ4v) is 3.55. The smallest absolute Gasteiger partial charge is 0.135 e. The lowest BCUT2D eigenvalue weighted by Crippen LogP contribution is -1.90. The van der Waals surface area contributed by atoms with Gasteiger partial charge in [-0.15, -0.1) is 11.6 Å². The van der Waals surface area contributed by atoms with E-state index in [0.717, 1.165) is 33.1 Å². The zero-order chi connectivity index (χ0) is 13.5. The Morgan fingerprint density at radius 2 is 1.75 bits per heavy atom. The number of halogens is 1. The first-order chi connectivity index (χ1) is 9.83. The zero-order valence-electron chi connectivity index (χ0n) is 10.5. The van der Waals surface area contributed by atoms with Crippen molar-refractivity contribution in [1.29, 1.82) is 0 Å². The predicted octanol–water partition coefficient (Wildman–Crippen LogP) is 5.98. The fourth-order valence-electron chi connectivity index (χ4n) is 2.51. The monoisotopic (exact) mass is 298 g/mol. The first-order valence-electron chi connectivity index (χ1n) is 6.40. The molecule has 0 aliphatic carbocycles. The van der Waals surface area contributed by atoms with E-state index in [4.69, 9.17) is 16.0 Å². The fraction of sp³-hybridized carbons (Fsp3) is 0.0588. The summed E-state index contributed by atoms with van der Waals surface area (Å²) in [4.78, 5) is 0. The summed E-state index contributed by atoms with van der Waals surface area (Å²) < 4.78 is 5.84. The summed E-state index contributed by atoms with van der Waals surface area (Å²) in [5.41, 5.74) is 4.07. The second-order valence-electron chi connectivity index (χ2n) is 4.77. The molecule has 4 aromatic rings. The van der Waals surface area contributed by atoms with E-state index in [9.17, 15) is 0 Å². The van der Waals surface area contributed by atoms with Gasteiger partial charge in [-0.25, -0.2) is 0 Å². The zero-order valence-corrected chi connectivity index (χ0v) is 12.1. The van der Waals surface area contributed by atoms with Crippen molar-refractivity contribution in [2.75, 3.05) is 0 Å². The van der Waals surface area contributed by atoms with Crippen LogP contribution in [0, 0.1) is 0 Å². The Morgan fingerprint density at radius 3 is 2.60 bits per heavy atom. The summed E-state index contributed by atoms with van der Waals surface area (Å²) in [6.07, 6.45) is 0. The maximum atomic E-state index is 6.57. The van der Waals surface area contributed by atoms with E-state index in [0.29, 0.717) is 0 Å². The van der Waals surface area contributed by atoms with Crippen molar-refractivity contribution in [3.05, 3.63) is 70.4 Å². The molecule has 2 aromatic heterocycles. The molecule has 0 saturated heterocycles. The van der Waals surface area contributed by atoms with E-state index < -0.39 is 0 Å². The van der Waals surface area contributed by atoms with Gasteiger partial charge in [0.05, 0.1) is 5.38 Å². The molecule has 1 atom stereocenters. The van der Waals surface area contributed by atoms with E-state index in [1.165, 1.54) is 0 Å². The molecular formula is C17H11ClOS. The van der Waals surface area contributed by atoms with Crippen LogP contribution in [-0.2, 0) is 0 Å². The number of hydrogen-bond donors (Lipinski definition) is 0. The SMILES string of the molecule is ClC(c1ccsc1)c1ccc2oc3ccccc3c2c1. The highest BCUT2D eigenvalue weighted by atomic mass is 35.5. The van der Waals surface area contributed by atoms with Crippen LogP contribution >= 0.6 is 22.9 Å². The standard InChI is InChI=1S/C17H11ClOS/c18-17(12-7-8-20-10-12)11-5-6-16-14(9-11)13-3-1-2-4-15(13)19-16/h1-10,17H. The van der Waals surface area contributed by atoms with Crippen LogP contribution in [-0.4, -0.2) is 0 Å². The minimum Gasteiger partial charge on any atom is -0.456 e. The summed E-state index contributed by atoms with van der Waals surface area (Å²) in [6.45, 7) is 0. The third kappa shape index (κ3) is 1.84. The molecule has 0 fully saturated rings. The molecule has 1 unspecified atom stereocenters. The second-order valence-corrected chi connectivity index (χ2v) is 5.99. The maximum absolute atomic E-state index is 6.57. The van der Waals surface area contributed by atoms with E-state index in [1.54, 1.807) is 11.3 Å². The Bertz CT molecular complexity index is 876. The van der Waals surface area contributed by atoms with Crippen molar-refractivity contribution in [2.24, 2.45) is 0 Å². The normalized spacial score (nSPS) is 13.1. The van der Waals surface area contributed by atoms with Gasteiger partial charge in [0.25, 0.3) is 0 Å². The lowest BCUT2D eigenvalue weighted by atomic mass is 10.0. The third-order valence-corrected chi connectivity index (χ3v) is 4.73. The summed E-state index contributed by atoms with van der Waals surface area (Å²) in [5, 5.41) is 6.29. The number of alkyl halides is 1. The molecule has 0 spiro atoms. The van der Waals surface area contributed by atoms with E-state index in [2.05, 4.69) is 29.0 Å². The van der Waals surface area contributed by atoms with Crippen molar-refractivity contribution in [3.63, 3.8) is 0 Å². The van der Waals surface area contributed by atoms with Gasteiger partial charge >= 0.3 is 0 Å².